The smallest absolute Gasteiger partial charge is 0.319 e. The lowest BCUT2D eigenvalue weighted by Crippen LogP contribution is -2.42. The average molecular weight is 373 g/mol. The fourth-order valence-corrected chi connectivity index (χ4v) is 2.78. The first kappa shape index (κ1) is 19.1. The molecule has 3 rings (SSSR count). The maximum atomic E-state index is 13.2. The molecule has 27 heavy (non-hydrogen) atoms. The summed E-state index contributed by atoms with van der Waals surface area (Å²) in [6, 6.07) is 13.1. The van der Waals surface area contributed by atoms with Crippen molar-refractivity contribution in [2.75, 3.05) is 44.7 Å². The van der Waals surface area contributed by atoms with Gasteiger partial charge in [-0.3, -0.25) is 4.90 Å². The van der Waals surface area contributed by atoms with Crippen molar-refractivity contribution in [2.45, 2.75) is 6.61 Å². The third-order valence-corrected chi connectivity index (χ3v) is 4.20. The minimum atomic E-state index is -0.291. The Balaban J connectivity index is 1.43. The second-order valence-electron chi connectivity index (χ2n) is 6.28. The van der Waals surface area contributed by atoms with E-state index in [0.717, 1.165) is 38.4 Å². The summed E-state index contributed by atoms with van der Waals surface area (Å²) < 4.78 is 24.2. The van der Waals surface area contributed by atoms with Gasteiger partial charge in [-0.2, -0.15) is 0 Å². The van der Waals surface area contributed by atoms with Gasteiger partial charge in [0.15, 0.2) is 0 Å². The topological polar surface area (TPSA) is 62.8 Å². The van der Waals surface area contributed by atoms with Crippen molar-refractivity contribution in [1.29, 1.82) is 0 Å². The summed E-state index contributed by atoms with van der Waals surface area (Å²) in [5.41, 5.74) is 1.38. The molecule has 0 radical (unpaired) electrons. The van der Waals surface area contributed by atoms with Gasteiger partial charge >= 0.3 is 6.03 Å². The van der Waals surface area contributed by atoms with E-state index in [-0.39, 0.29) is 18.5 Å². The van der Waals surface area contributed by atoms with E-state index >= 15 is 0 Å². The minimum absolute atomic E-state index is 0.257. The zero-order valence-electron chi connectivity index (χ0n) is 15.1. The largest absolute Gasteiger partial charge is 0.489 e. The van der Waals surface area contributed by atoms with Crippen LogP contribution in [0.5, 0.6) is 5.75 Å². The Morgan fingerprint density at radius 1 is 1.15 bits per heavy atom. The molecule has 0 atom stereocenters. The number of benzene rings is 2. The third-order valence-electron chi connectivity index (χ3n) is 4.20. The van der Waals surface area contributed by atoms with Crippen LogP contribution in [0.25, 0.3) is 0 Å². The SMILES string of the molecule is O=C(NCCN1CCOCC1)Nc1cccc(OCc2cccc(F)c2)c1. The van der Waals surface area contributed by atoms with Gasteiger partial charge < -0.3 is 20.1 Å². The molecule has 0 aromatic heterocycles. The molecule has 0 spiro atoms. The van der Waals surface area contributed by atoms with Crippen LogP contribution in [0.3, 0.4) is 0 Å². The molecule has 144 valence electrons. The first-order valence-corrected chi connectivity index (χ1v) is 9.01. The standard InChI is InChI=1S/C20H24FN3O3/c21-17-4-1-3-16(13-17)15-27-19-6-2-5-18(14-19)23-20(25)22-7-8-24-9-11-26-12-10-24/h1-6,13-14H,7-12,15H2,(H2,22,23,25). The number of hydrogen-bond donors (Lipinski definition) is 2. The number of carbonyl (C=O) groups excluding carboxylic acids is 1. The summed E-state index contributed by atoms with van der Waals surface area (Å²) >= 11 is 0. The highest BCUT2D eigenvalue weighted by atomic mass is 19.1. The highest BCUT2D eigenvalue weighted by Gasteiger charge is 2.10. The maximum absolute atomic E-state index is 13.2. The molecule has 7 heteroatoms. The van der Waals surface area contributed by atoms with E-state index in [0.29, 0.717) is 18.0 Å². The first-order valence-electron chi connectivity index (χ1n) is 9.01. The molecule has 0 saturated carbocycles. The molecule has 1 aliphatic rings. The van der Waals surface area contributed by atoms with Crippen LogP contribution in [0.4, 0.5) is 14.9 Å². The van der Waals surface area contributed by atoms with E-state index < -0.39 is 0 Å². The molecule has 1 aliphatic heterocycles. The number of anilines is 1. The number of morpholine rings is 1. The van der Waals surface area contributed by atoms with Crippen LogP contribution in [-0.4, -0.2) is 50.3 Å². The summed E-state index contributed by atoms with van der Waals surface area (Å²) in [7, 11) is 0. The minimum Gasteiger partial charge on any atom is -0.489 e. The number of nitrogens with zero attached hydrogens (tertiary/aromatic N) is 1. The second kappa shape index (κ2) is 9.89. The number of halogens is 1. The molecule has 0 unspecified atom stereocenters. The Morgan fingerprint density at radius 3 is 2.78 bits per heavy atom. The van der Waals surface area contributed by atoms with Crippen LogP contribution in [-0.2, 0) is 11.3 Å². The van der Waals surface area contributed by atoms with Crippen LogP contribution in [0.1, 0.15) is 5.56 Å². The predicted octanol–water partition coefficient (Wildman–Crippen LogP) is 2.86. The van der Waals surface area contributed by atoms with E-state index in [1.807, 2.05) is 0 Å². The number of urea groups is 1. The van der Waals surface area contributed by atoms with Gasteiger partial charge in [-0.15, -0.1) is 0 Å². The summed E-state index contributed by atoms with van der Waals surface area (Å²) in [6.07, 6.45) is 0. The fraction of sp³-hybridized carbons (Fsp3) is 0.350. The normalized spacial score (nSPS) is 14.6. The van der Waals surface area contributed by atoms with E-state index in [4.69, 9.17) is 9.47 Å². The molecule has 1 fully saturated rings. The van der Waals surface area contributed by atoms with E-state index in [2.05, 4.69) is 15.5 Å². The van der Waals surface area contributed by atoms with Gasteiger partial charge in [0.2, 0.25) is 0 Å². The molecule has 1 heterocycles. The molecular formula is C20H24FN3O3. The van der Waals surface area contributed by atoms with Crippen molar-refractivity contribution in [3.8, 4) is 5.75 Å². The Morgan fingerprint density at radius 2 is 1.96 bits per heavy atom. The fourth-order valence-electron chi connectivity index (χ4n) is 2.78. The number of carbonyl (C=O) groups is 1. The molecule has 2 aromatic carbocycles. The lowest BCUT2D eigenvalue weighted by Gasteiger charge is -2.26. The van der Waals surface area contributed by atoms with E-state index in [9.17, 15) is 9.18 Å². The van der Waals surface area contributed by atoms with Gasteiger partial charge in [0.1, 0.15) is 18.2 Å². The molecule has 6 nitrogen and oxygen atoms in total. The quantitative estimate of drug-likeness (QED) is 0.783. The van der Waals surface area contributed by atoms with Gasteiger partial charge in [-0.1, -0.05) is 18.2 Å². The van der Waals surface area contributed by atoms with E-state index in [1.165, 1.54) is 12.1 Å². The van der Waals surface area contributed by atoms with Crippen LogP contribution in [0.15, 0.2) is 48.5 Å². The summed E-state index contributed by atoms with van der Waals surface area (Å²) in [6.45, 7) is 4.91. The number of hydrogen-bond acceptors (Lipinski definition) is 4. The number of ether oxygens (including phenoxy) is 2. The Hall–Kier alpha value is -2.64. The van der Waals surface area contributed by atoms with Crippen molar-refractivity contribution >= 4 is 11.7 Å². The van der Waals surface area contributed by atoms with Crippen molar-refractivity contribution in [3.05, 3.63) is 59.9 Å². The van der Waals surface area contributed by atoms with Gasteiger partial charge in [0.05, 0.1) is 13.2 Å². The number of rotatable bonds is 7. The van der Waals surface area contributed by atoms with Crippen LogP contribution in [0.2, 0.25) is 0 Å². The zero-order chi connectivity index (χ0) is 18.9. The zero-order valence-corrected chi connectivity index (χ0v) is 15.1. The van der Waals surface area contributed by atoms with Crippen molar-refractivity contribution in [2.24, 2.45) is 0 Å². The van der Waals surface area contributed by atoms with Gasteiger partial charge in [0, 0.05) is 37.9 Å². The average Bonchev–Trinajstić information content (AvgIpc) is 2.68. The lowest BCUT2D eigenvalue weighted by atomic mass is 10.2. The summed E-state index contributed by atoms with van der Waals surface area (Å²) in [4.78, 5) is 14.3. The van der Waals surface area contributed by atoms with Gasteiger partial charge in [0.25, 0.3) is 0 Å². The monoisotopic (exact) mass is 373 g/mol. The molecule has 2 N–H and O–H groups in total. The lowest BCUT2D eigenvalue weighted by molar-refractivity contribution is 0.0388. The summed E-state index contributed by atoms with van der Waals surface area (Å²) in [5, 5.41) is 5.64. The van der Waals surface area contributed by atoms with Gasteiger partial charge in [-0.25, -0.2) is 9.18 Å². The van der Waals surface area contributed by atoms with Gasteiger partial charge in [-0.05, 0) is 29.8 Å². The first-order chi connectivity index (χ1) is 13.2. The molecule has 2 amide bonds. The van der Waals surface area contributed by atoms with Crippen LogP contribution >= 0.6 is 0 Å². The summed E-state index contributed by atoms with van der Waals surface area (Å²) in [5.74, 6) is 0.311. The number of amides is 2. The highest BCUT2D eigenvalue weighted by Crippen LogP contribution is 2.18. The predicted molar refractivity (Wildman–Crippen MR) is 101 cm³/mol. The third kappa shape index (κ3) is 6.54. The highest BCUT2D eigenvalue weighted by molar-refractivity contribution is 5.89. The second-order valence-corrected chi connectivity index (χ2v) is 6.28. The Labute approximate surface area is 158 Å². The van der Waals surface area contributed by atoms with Crippen molar-refractivity contribution < 1.29 is 18.7 Å². The Kier molecular flexibility index (Phi) is 7.01. The number of nitrogens with one attached hydrogen (secondary N) is 2. The van der Waals surface area contributed by atoms with E-state index in [1.54, 1.807) is 36.4 Å². The Bertz CT molecular complexity index is 751. The van der Waals surface area contributed by atoms with Crippen molar-refractivity contribution in [1.82, 2.24) is 10.2 Å². The molecule has 0 bridgehead atoms. The van der Waals surface area contributed by atoms with Crippen LogP contribution in [0, 0.1) is 5.82 Å². The molecule has 0 aliphatic carbocycles. The maximum Gasteiger partial charge on any atom is 0.319 e. The molecular weight excluding hydrogens is 349 g/mol. The van der Waals surface area contributed by atoms with Crippen LogP contribution < -0.4 is 15.4 Å². The molecule has 1 saturated heterocycles. The van der Waals surface area contributed by atoms with Crippen molar-refractivity contribution in [3.63, 3.8) is 0 Å². The molecule has 2 aromatic rings.